The van der Waals surface area contributed by atoms with Crippen molar-refractivity contribution in [3.63, 3.8) is 0 Å². The van der Waals surface area contributed by atoms with Crippen LogP contribution in [-0.4, -0.2) is 26.2 Å². The lowest BCUT2D eigenvalue weighted by Gasteiger charge is -2.11. The van der Waals surface area contributed by atoms with E-state index in [-0.39, 0.29) is 0 Å². The van der Waals surface area contributed by atoms with E-state index in [2.05, 4.69) is 24.5 Å². The number of nitrogens with one attached hydrogen (secondary N) is 2. The van der Waals surface area contributed by atoms with E-state index in [1.165, 1.54) is 12.8 Å². The molecule has 12 heavy (non-hydrogen) atoms. The van der Waals surface area contributed by atoms with Crippen LogP contribution in [0.15, 0.2) is 0 Å². The molecule has 2 heteroatoms. The first-order valence-corrected chi connectivity index (χ1v) is 5.19. The van der Waals surface area contributed by atoms with Crippen LogP contribution in [0, 0.1) is 0 Å². The van der Waals surface area contributed by atoms with Gasteiger partial charge in [-0.25, -0.2) is 0 Å². The molecule has 1 atom stereocenters. The molecule has 0 aliphatic carbocycles. The third-order valence-electron chi connectivity index (χ3n) is 1.57. The summed E-state index contributed by atoms with van der Waals surface area (Å²) in [4.78, 5) is 0. The van der Waals surface area contributed by atoms with Gasteiger partial charge in [0, 0.05) is 6.04 Å². The maximum absolute atomic E-state index is 3.43. The second kappa shape index (κ2) is 13.5. The predicted molar refractivity (Wildman–Crippen MR) is 57.6 cm³/mol. The van der Waals surface area contributed by atoms with Gasteiger partial charge in [0.15, 0.2) is 0 Å². The molecule has 0 spiro atoms. The van der Waals surface area contributed by atoms with Gasteiger partial charge in [-0.15, -0.1) is 0 Å². The molecule has 0 aliphatic heterocycles. The van der Waals surface area contributed by atoms with Gasteiger partial charge in [0.05, 0.1) is 0 Å². The molecule has 1 unspecified atom stereocenters. The molecule has 2 nitrogen and oxygen atoms in total. The van der Waals surface area contributed by atoms with Crippen molar-refractivity contribution in [2.45, 2.75) is 46.6 Å². The zero-order valence-corrected chi connectivity index (χ0v) is 9.41. The van der Waals surface area contributed by atoms with Crippen LogP contribution in [0.25, 0.3) is 0 Å². The second-order valence-electron chi connectivity index (χ2n) is 2.75. The Kier molecular flexibility index (Phi) is 16.3. The molecular formula is C10H26N2. The average molecular weight is 174 g/mol. The van der Waals surface area contributed by atoms with Crippen LogP contribution in [0.1, 0.15) is 40.5 Å². The first-order valence-electron chi connectivity index (χ1n) is 5.19. The molecule has 0 rings (SSSR count). The lowest BCUT2D eigenvalue weighted by Crippen LogP contribution is -2.29. The highest BCUT2D eigenvalue weighted by Gasteiger charge is 1.96. The quantitative estimate of drug-likeness (QED) is 0.643. The topological polar surface area (TPSA) is 24.1 Å². The van der Waals surface area contributed by atoms with Crippen LogP contribution in [-0.2, 0) is 0 Å². The van der Waals surface area contributed by atoms with E-state index >= 15 is 0 Å². The molecule has 0 aromatic heterocycles. The molecule has 0 radical (unpaired) electrons. The summed E-state index contributed by atoms with van der Waals surface area (Å²) in [6, 6.07) is 0.660. The predicted octanol–water partition coefficient (Wildman–Crippen LogP) is 2.01. The van der Waals surface area contributed by atoms with Crippen molar-refractivity contribution in [2.75, 3.05) is 20.1 Å². The average Bonchev–Trinajstić information content (AvgIpc) is 2.14. The fourth-order valence-corrected chi connectivity index (χ4v) is 0.854. The Balaban J connectivity index is 0. The highest BCUT2D eigenvalue weighted by Crippen LogP contribution is 1.87. The molecule has 0 aromatic rings. The Hall–Kier alpha value is -0.0800. The SMILES string of the molecule is CC.CCCNC(C)CCNC. The van der Waals surface area contributed by atoms with Crippen molar-refractivity contribution < 1.29 is 0 Å². The second-order valence-corrected chi connectivity index (χ2v) is 2.75. The number of rotatable bonds is 6. The van der Waals surface area contributed by atoms with Crippen molar-refractivity contribution in [3.05, 3.63) is 0 Å². The summed E-state index contributed by atoms with van der Waals surface area (Å²) in [5, 5.41) is 6.56. The van der Waals surface area contributed by atoms with Gasteiger partial charge in [-0.3, -0.25) is 0 Å². The van der Waals surface area contributed by atoms with E-state index in [9.17, 15) is 0 Å². The van der Waals surface area contributed by atoms with Crippen molar-refractivity contribution >= 4 is 0 Å². The fourth-order valence-electron chi connectivity index (χ4n) is 0.854. The number of hydrogen-bond donors (Lipinski definition) is 2. The zero-order chi connectivity index (χ0) is 9.82. The van der Waals surface area contributed by atoms with Gasteiger partial charge in [0.25, 0.3) is 0 Å². The Labute approximate surface area is 78.1 Å². The standard InChI is InChI=1S/C8H20N2.C2H6/c1-4-6-10-8(2)5-7-9-3;1-2/h8-10H,4-7H2,1-3H3;1-2H3. The summed E-state index contributed by atoms with van der Waals surface area (Å²) in [6.07, 6.45) is 2.44. The molecule has 0 aromatic carbocycles. The first-order chi connectivity index (χ1) is 5.81. The summed E-state index contributed by atoms with van der Waals surface area (Å²) in [5.74, 6) is 0. The lowest BCUT2D eigenvalue weighted by molar-refractivity contribution is 0.503. The third-order valence-corrected chi connectivity index (χ3v) is 1.57. The third kappa shape index (κ3) is 12.6. The van der Waals surface area contributed by atoms with Gasteiger partial charge in [-0.1, -0.05) is 20.8 Å². The van der Waals surface area contributed by atoms with Crippen LogP contribution in [0.3, 0.4) is 0 Å². The van der Waals surface area contributed by atoms with Gasteiger partial charge >= 0.3 is 0 Å². The van der Waals surface area contributed by atoms with E-state index in [1.54, 1.807) is 0 Å². The Bertz CT molecular complexity index is 56.9. The zero-order valence-electron chi connectivity index (χ0n) is 9.41. The largest absolute Gasteiger partial charge is 0.320 e. The molecule has 0 fully saturated rings. The number of hydrogen-bond acceptors (Lipinski definition) is 2. The van der Waals surface area contributed by atoms with Gasteiger partial charge in [0.2, 0.25) is 0 Å². The Morgan fingerprint density at radius 2 is 1.75 bits per heavy atom. The molecule has 0 aliphatic rings. The van der Waals surface area contributed by atoms with Crippen LogP contribution < -0.4 is 10.6 Å². The van der Waals surface area contributed by atoms with Crippen LogP contribution in [0.5, 0.6) is 0 Å². The summed E-state index contributed by atoms with van der Waals surface area (Å²) in [5.41, 5.74) is 0. The summed E-state index contributed by atoms with van der Waals surface area (Å²) < 4.78 is 0. The monoisotopic (exact) mass is 174 g/mol. The van der Waals surface area contributed by atoms with E-state index in [0.29, 0.717) is 6.04 Å². The Morgan fingerprint density at radius 1 is 1.17 bits per heavy atom. The lowest BCUT2D eigenvalue weighted by atomic mass is 10.2. The molecule has 2 N–H and O–H groups in total. The highest BCUT2D eigenvalue weighted by molar-refractivity contribution is 4.60. The van der Waals surface area contributed by atoms with Crippen LogP contribution in [0.2, 0.25) is 0 Å². The van der Waals surface area contributed by atoms with E-state index in [0.717, 1.165) is 13.1 Å². The van der Waals surface area contributed by atoms with Crippen LogP contribution in [0.4, 0.5) is 0 Å². The van der Waals surface area contributed by atoms with Crippen molar-refractivity contribution in [1.82, 2.24) is 10.6 Å². The van der Waals surface area contributed by atoms with E-state index < -0.39 is 0 Å². The molecular weight excluding hydrogens is 148 g/mol. The first kappa shape index (κ1) is 14.4. The molecule has 0 saturated carbocycles. The molecule has 76 valence electrons. The highest BCUT2D eigenvalue weighted by atomic mass is 14.9. The van der Waals surface area contributed by atoms with E-state index in [1.807, 2.05) is 20.9 Å². The van der Waals surface area contributed by atoms with Gasteiger partial charge in [0.1, 0.15) is 0 Å². The summed E-state index contributed by atoms with van der Waals surface area (Å²) in [7, 11) is 1.99. The maximum atomic E-state index is 3.43. The van der Waals surface area contributed by atoms with Crippen LogP contribution >= 0.6 is 0 Å². The summed E-state index contributed by atoms with van der Waals surface area (Å²) >= 11 is 0. The maximum Gasteiger partial charge on any atom is 0.00508 e. The van der Waals surface area contributed by atoms with E-state index in [4.69, 9.17) is 0 Å². The molecule has 0 saturated heterocycles. The minimum absolute atomic E-state index is 0.660. The fraction of sp³-hybridized carbons (Fsp3) is 1.00. The molecule has 0 heterocycles. The van der Waals surface area contributed by atoms with Crippen molar-refractivity contribution in [1.29, 1.82) is 0 Å². The van der Waals surface area contributed by atoms with Gasteiger partial charge < -0.3 is 10.6 Å². The minimum Gasteiger partial charge on any atom is -0.320 e. The van der Waals surface area contributed by atoms with Crippen molar-refractivity contribution in [2.24, 2.45) is 0 Å². The minimum atomic E-state index is 0.660. The van der Waals surface area contributed by atoms with Gasteiger partial charge in [-0.2, -0.15) is 0 Å². The molecule has 0 amide bonds. The smallest absolute Gasteiger partial charge is 0.00508 e. The van der Waals surface area contributed by atoms with Crippen molar-refractivity contribution in [3.8, 4) is 0 Å². The Morgan fingerprint density at radius 3 is 2.17 bits per heavy atom. The van der Waals surface area contributed by atoms with Gasteiger partial charge in [-0.05, 0) is 39.9 Å². The normalized spacial score (nSPS) is 11.8. The summed E-state index contributed by atoms with van der Waals surface area (Å²) in [6.45, 7) is 10.7. The molecule has 0 bridgehead atoms.